The van der Waals surface area contributed by atoms with E-state index in [-0.39, 0.29) is 5.95 Å². The van der Waals surface area contributed by atoms with Crippen molar-refractivity contribution in [2.45, 2.75) is 0 Å². The first kappa shape index (κ1) is 15.6. The summed E-state index contributed by atoms with van der Waals surface area (Å²) in [5.74, 6) is 0.0396. The number of ether oxygens (including phenoxy) is 2. The fraction of sp³-hybridized carbons (Fsp3) is 0.273. The minimum absolute atomic E-state index is 0.0396. The van der Waals surface area contributed by atoms with Crippen molar-refractivity contribution in [3.05, 3.63) is 23.1 Å². The molecule has 0 bridgehead atoms. The van der Waals surface area contributed by atoms with Crippen LogP contribution in [0.15, 0.2) is 23.1 Å². The van der Waals surface area contributed by atoms with Gasteiger partial charge >= 0.3 is 6.09 Å². The highest BCUT2D eigenvalue weighted by molar-refractivity contribution is 9.10. The van der Waals surface area contributed by atoms with Crippen molar-refractivity contribution >= 4 is 44.3 Å². The molecule has 1 amide bonds. The van der Waals surface area contributed by atoms with Gasteiger partial charge in [0.1, 0.15) is 11.6 Å². The Labute approximate surface area is 132 Å². The van der Waals surface area contributed by atoms with Gasteiger partial charge in [-0.25, -0.2) is 24.6 Å². The second-order valence-electron chi connectivity index (χ2n) is 3.62. The van der Waals surface area contributed by atoms with Gasteiger partial charge in [0.2, 0.25) is 5.95 Å². The van der Waals surface area contributed by atoms with E-state index < -0.39 is 6.09 Å². The van der Waals surface area contributed by atoms with Crippen molar-refractivity contribution in [2.75, 3.05) is 25.2 Å². The SMILES string of the molecule is COCCOc1ncc(N(C(=O)O)c2ncc(Br)cn2)s1. The monoisotopic (exact) mass is 374 g/mol. The van der Waals surface area contributed by atoms with Gasteiger partial charge in [-0.1, -0.05) is 11.3 Å². The van der Waals surface area contributed by atoms with E-state index in [4.69, 9.17) is 9.47 Å². The fourth-order valence-electron chi connectivity index (χ4n) is 1.33. The Kier molecular flexibility index (Phi) is 5.42. The molecule has 2 heterocycles. The molecule has 0 spiro atoms. The molecule has 0 saturated carbocycles. The predicted octanol–water partition coefficient (Wildman–Crippen LogP) is 2.54. The molecule has 0 aliphatic heterocycles. The molecule has 0 aromatic carbocycles. The normalized spacial score (nSPS) is 10.4. The van der Waals surface area contributed by atoms with E-state index in [1.807, 2.05) is 0 Å². The van der Waals surface area contributed by atoms with Crippen LogP contribution in [0.2, 0.25) is 0 Å². The summed E-state index contributed by atoms with van der Waals surface area (Å²) in [5.41, 5.74) is 0. The molecule has 112 valence electrons. The minimum atomic E-state index is -1.20. The van der Waals surface area contributed by atoms with Gasteiger partial charge in [0, 0.05) is 19.5 Å². The maximum atomic E-state index is 11.4. The quantitative estimate of drug-likeness (QED) is 0.775. The minimum Gasteiger partial charge on any atom is -0.468 e. The van der Waals surface area contributed by atoms with Crippen molar-refractivity contribution in [3.8, 4) is 5.19 Å². The Morgan fingerprint density at radius 1 is 1.33 bits per heavy atom. The zero-order valence-corrected chi connectivity index (χ0v) is 13.3. The Balaban J connectivity index is 2.19. The topological polar surface area (TPSA) is 97.7 Å². The standard InChI is InChI=1S/C11H11BrN4O4S/c1-19-2-3-20-10-15-6-8(21-10)16(11(17)18)9-13-4-7(12)5-14-9/h4-6H,2-3H2,1H3,(H,17,18). The van der Waals surface area contributed by atoms with Crippen molar-refractivity contribution < 1.29 is 19.4 Å². The number of methoxy groups -OCH3 is 1. The van der Waals surface area contributed by atoms with Crippen molar-refractivity contribution in [1.29, 1.82) is 0 Å². The number of rotatable bonds is 6. The van der Waals surface area contributed by atoms with Gasteiger partial charge in [-0.15, -0.1) is 0 Å². The third-order valence-corrected chi connectivity index (χ3v) is 3.51. The summed E-state index contributed by atoms with van der Waals surface area (Å²) in [6.45, 7) is 0.763. The molecule has 0 unspecified atom stereocenters. The second kappa shape index (κ2) is 7.29. The fourth-order valence-corrected chi connectivity index (χ4v) is 2.32. The number of nitrogens with zero attached hydrogens (tertiary/aromatic N) is 4. The highest BCUT2D eigenvalue weighted by Gasteiger charge is 2.22. The zero-order chi connectivity index (χ0) is 15.2. The number of halogens is 1. The third kappa shape index (κ3) is 4.09. The summed E-state index contributed by atoms with van der Waals surface area (Å²) in [5, 5.41) is 10.0. The van der Waals surface area contributed by atoms with Crippen LogP contribution >= 0.6 is 27.3 Å². The second-order valence-corrected chi connectivity index (χ2v) is 5.51. The summed E-state index contributed by atoms with van der Waals surface area (Å²) in [7, 11) is 1.56. The molecular formula is C11H11BrN4O4S. The van der Waals surface area contributed by atoms with Gasteiger partial charge in [0.05, 0.1) is 17.3 Å². The summed E-state index contributed by atoms with van der Waals surface area (Å²) >= 11 is 4.28. The van der Waals surface area contributed by atoms with Crippen molar-refractivity contribution in [3.63, 3.8) is 0 Å². The Bertz CT molecular complexity index is 607. The first-order valence-corrected chi connectivity index (χ1v) is 7.31. The van der Waals surface area contributed by atoms with Crippen LogP contribution in [0, 0.1) is 0 Å². The number of anilines is 2. The maximum Gasteiger partial charge on any atom is 0.419 e. The van der Waals surface area contributed by atoms with E-state index in [9.17, 15) is 9.90 Å². The number of thiazole rings is 1. The lowest BCUT2D eigenvalue weighted by Crippen LogP contribution is -2.24. The van der Waals surface area contributed by atoms with Crippen molar-refractivity contribution in [1.82, 2.24) is 15.0 Å². The van der Waals surface area contributed by atoms with Crippen LogP contribution in [-0.2, 0) is 4.74 Å². The number of hydrogen-bond donors (Lipinski definition) is 1. The third-order valence-electron chi connectivity index (χ3n) is 2.20. The van der Waals surface area contributed by atoms with E-state index in [1.165, 1.54) is 18.6 Å². The van der Waals surface area contributed by atoms with Gasteiger partial charge in [0.15, 0.2) is 0 Å². The molecule has 0 aliphatic carbocycles. The van der Waals surface area contributed by atoms with Gasteiger partial charge in [-0.05, 0) is 15.9 Å². The molecule has 2 aromatic rings. The number of hydrogen-bond acceptors (Lipinski definition) is 7. The summed E-state index contributed by atoms with van der Waals surface area (Å²) in [4.78, 5) is 24.3. The van der Waals surface area contributed by atoms with E-state index in [2.05, 4.69) is 30.9 Å². The van der Waals surface area contributed by atoms with Crippen molar-refractivity contribution in [2.24, 2.45) is 0 Å². The summed E-state index contributed by atoms with van der Waals surface area (Å²) in [6, 6.07) is 0. The molecular weight excluding hydrogens is 364 g/mol. The van der Waals surface area contributed by atoms with E-state index in [1.54, 1.807) is 7.11 Å². The molecule has 0 radical (unpaired) electrons. The summed E-state index contributed by atoms with van der Waals surface area (Å²) in [6.07, 6.45) is 3.13. The molecule has 10 heteroatoms. The Hall–Kier alpha value is -1.78. The average Bonchev–Trinajstić information content (AvgIpc) is 2.90. The smallest absolute Gasteiger partial charge is 0.419 e. The highest BCUT2D eigenvalue weighted by atomic mass is 79.9. The number of amides is 1. The molecule has 0 atom stereocenters. The van der Waals surface area contributed by atoms with Gasteiger partial charge < -0.3 is 14.6 Å². The lowest BCUT2D eigenvalue weighted by Gasteiger charge is -2.13. The number of carbonyl (C=O) groups is 1. The zero-order valence-electron chi connectivity index (χ0n) is 10.9. The lowest BCUT2D eigenvalue weighted by atomic mass is 10.6. The molecule has 0 aliphatic rings. The summed E-state index contributed by atoms with van der Waals surface area (Å²) < 4.78 is 10.8. The van der Waals surface area contributed by atoms with Crippen LogP contribution in [0.3, 0.4) is 0 Å². The number of aromatic nitrogens is 3. The molecule has 8 nitrogen and oxygen atoms in total. The molecule has 0 fully saturated rings. The van der Waals surface area contributed by atoms with Gasteiger partial charge in [0.25, 0.3) is 5.19 Å². The van der Waals surface area contributed by atoms with Crippen LogP contribution in [0.25, 0.3) is 0 Å². The molecule has 2 aromatic heterocycles. The van der Waals surface area contributed by atoms with Crippen LogP contribution in [0.4, 0.5) is 15.7 Å². The largest absolute Gasteiger partial charge is 0.468 e. The number of carboxylic acid groups (broad SMARTS) is 1. The maximum absolute atomic E-state index is 11.4. The Morgan fingerprint density at radius 2 is 2.05 bits per heavy atom. The first-order chi connectivity index (χ1) is 10.1. The lowest BCUT2D eigenvalue weighted by molar-refractivity contribution is 0.146. The molecule has 21 heavy (non-hydrogen) atoms. The highest BCUT2D eigenvalue weighted by Crippen LogP contribution is 2.32. The van der Waals surface area contributed by atoms with Gasteiger partial charge in [-0.2, -0.15) is 0 Å². The average molecular weight is 375 g/mol. The van der Waals surface area contributed by atoms with Crippen LogP contribution < -0.4 is 9.64 Å². The van der Waals surface area contributed by atoms with E-state index in [0.29, 0.717) is 27.9 Å². The van der Waals surface area contributed by atoms with E-state index in [0.717, 1.165) is 16.2 Å². The molecule has 2 rings (SSSR count). The molecule has 0 saturated heterocycles. The van der Waals surface area contributed by atoms with Gasteiger partial charge in [-0.3, -0.25) is 0 Å². The van der Waals surface area contributed by atoms with Crippen LogP contribution in [-0.4, -0.2) is 46.5 Å². The molecule has 1 N–H and O–H groups in total. The van der Waals surface area contributed by atoms with E-state index >= 15 is 0 Å². The predicted molar refractivity (Wildman–Crippen MR) is 79.4 cm³/mol. The van der Waals surface area contributed by atoms with Crippen LogP contribution in [0.5, 0.6) is 5.19 Å². The first-order valence-electron chi connectivity index (χ1n) is 5.70. The van der Waals surface area contributed by atoms with Crippen LogP contribution in [0.1, 0.15) is 0 Å². The Morgan fingerprint density at radius 3 is 2.67 bits per heavy atom.